The largest absolute Gasteiger partial charge is 0.437 e. The Morgan fingerprint density at radius 2 is 0.683 bits per heavy atom. The van der Waals surface area contributed by atoms with Crippen LogP contribution in [-0.2, 0) is 0 Å². The van der Waals surface area contributed by atoms with Crippen LogP contribution in [-0.4, -0.2) is 158 Å². The van der Waals surface area contributed by atoms with E-state index in [2.05, 4.69) is 186 Å². The summed E-state index contributed by atoms with van der Waals surface area (Å²) >= 11 is 0. The zero-order valence-corrected chi connectivity index (χ0v) is 40.3. The Morgan fingerprint density at radius 1 is 0.333 bits per heavy atom. The predicted octanol–water partition coefficient (Wildman–Crippen LogP) is -19.8. The van der Waals surface area contributed by atoms with Crippen LogP contribution in [0.25, 0.3) is 84.2 Å². The van der Waals surface area contributed by atoms with Gasteiger partial charge in [0.1, 0.15) is 144 Å². The van der Waals surface area contributed by atoms with Crippen molar-refractivity contribution in [3.05, 3.63) is 48.5 Å². The summed E-state index contributed by atoms with van der Waals surface area (Å²) in [6.07, 6.45) is 0. The van der Waals surface area contributed by atoms with Crippen LogP contribution < -0.4 is 92.9 Å². The van der Waals surface area contributed by atoms with Gasteiger partial charge in [0, 0.05) is 38.7 Å². The minimum Gasteiger partial charge on any atom is -0.437 e. The molecule has 6 aromatic carbocycles. The number of hydrogen-bond donors (Lipinski definition) is 0. The van der Waals surface area contributed by atoms with Crippen molar-refractivity contribution in [1.29, 1.82) is 0 Å². The molecular formula is C40H42B17N5O. The highest BCUT2D eigenvalue weighted by Crippen LogP contribution is 2.32. The number of fused-ring (bicyclic) bond motifs is 4. The van der Waals surface area contributed by atoms with E-state index in [-0.39, 0.29) is 0 Å². The summed E-state index contributed by atoms with van der Waals surface area (Å²) in [5, 5.41) is 2.48. The van der Waals surface area contributed by atoms with Gasteiger partial charge in [-0.2, -0.15) is 0 Å². The van der Waals surface area contributed by atoms with Gasteiger partial charge in [-0.25, -0.2) is 19.9 Å². The lowest BCUT2D eigenvalue weighted by atomic mass is 9.60. The molecule has 0 amide bonds. The minimum absolute atomic E-state index is 0.624. The lowest BCUT2D eigenvalue weighted by Crippen LogP contribution is -2.55. The van der Waals surface area contributed by atoms with Crippen molar-refractivity contribution in [2.45, 2.75) is 0 Å². The summed E-state index contributed by atoms with van der Waals surface area (Å²) < 4.78 is 9.43. The van der Waals surface area contributed by atoms with E-state index in [1.54, 1.807) is 0 Å². The first-order valence-corrected chi connectivity index (χ1v) is 22.3. The topological polar surface area (TPSA) is 69.6 Å². The molecule has 6 nitrogen and oxygen atoms in total. The number of para-hydroxylation sites is 2. The molecule has 0 aliphatic rings. The highest BCUT2D eigenvalue weighted by atomic mass is 16.3. The summed E-state index contributed by atoms with van der Waals surface area (Å²) in [7, 11) is 37.5. The van der Waals surface area contributed by atoms with Crippen molar-refractivity contribution in [3.8, 4) is 51.3 Å². The number of nitrogens with zero attached hydrogens (tertiary/aromatic N) is 5. The van der Waals surface area contributed by atoms with Crippen molar-refractivity contribution in [2.24, 2.45) is 0 Å². The van der Waals surface area contributed by atoms with Gasteiger partial charge in [-0.05, 0) is 17.6 Å². The van der Waals surface area contributed by atoms with Gasteiger partial charge in [0.2, 0.25) is 5.89 Å². The monoisotopic (exact) mass is 795 g/mol. The van der Waals surface area contributed by atoms with E-state index in [0.717, 1.165) is 55.2 Å². The Kier molecular flexibility index (Phi) is 10.5. The molecule has 9 aromatic rings. The van der Waals surface area contributed by atoms with Crippen molar-refractivity contribution >= 4 is 259 Å². The van der Waals surface area contributed by atoms with Crippen LogP contribution in [0.15, 0.2) is 52.9 Å². The second kappa shape index (κ2) is 15.5. The number of benzene rings is 6. The fourth-order valence-electron chi connectivity index (χ4n) is 10.6. The molecule has 0 N–H and O–H groups in total. The molecule has 3 heterocycles. The zero-order chi connectivity index (χ0) is 45.2. The third-order valence-electron chi connectivity index (χ3n) is 15.5. The van der Waals surface area contributed by atoms with E-state index in [1.807, 2.05) is 0 Å². The SMILES string of the molecule is Bc1c(B)c(B)c(-c2nc(-c3c(B)c(B)c(B)c(B)c3B)nc(-c3c(B)c(B)c4oc(-c5c(B)c(B)c(B)c(-n6c7ccccc7c7ccccc76)c5B)nc4c3B)n2)c(B)c1B. The van der Waals surface area contributed by atoms with Gasteiger partial charge in [0.05, 0.1) is 11.0 Å². The summed E-state index contributed by atoms with van der Waals surface area (Å²) in [5.41, 5.74) is 29.7. The molecular weight excluding hydrogens is 750 g/mol. The number of oxazole rings is 1. The molecule has 0 radical (unpaired) electrons. The van der Waals surface area contributed by atoms with Crippen molar-refractivity contribution in [2.75, 3.05) is 0 Å². The van der Waals surface area contributed by atoms with Gasteiger partial charge in [-0.1, -0.05) is 91.0 Å². The molecule has 0 saturated heterocycles. The first kappa shape index (κ1) is 43.0. The molecule has 0 aliphatic carbocycles. The van der Waals surface area contributed by atoms with Crippen LogP contribution >= 0.6 is 0 Å². The van der Waals surface area contributed by atoms with E-state index >= 15 is 0 Å². The molecule has 3 aromatic heterocycles. The predicted molar refractivity (Wildman–Crippen MR) is 323 cm³/mol. The third-order valence-corrected chi connectivity index (χ3v) is 15.5. The van der Waals surface area contributed by atoms with E-state index in [1.165, 1.54) is 98.5 Å². The second-order valence-corrected chi connectivity index (χ2v) is 18.3. The lowest BCUT2D eigenvalue weighted by Gasteiger charge is -2.22. The standard InChI is InChI=1S/C40H42B17N5O/c41-17-13(18(42)26(50)30(54)25(17)49)37-59-38(14-19(43)27(51)31(55)28(52)20(14)44)61-39(60-37)15-21(45)33(57)36-34(23(15)47)58-40(63-36)16-22(46)29(53)32(56)35(24(16)48)62-11-7-3-1-5-9(11)10-6-2-4-8-12(10)62/h1-8H,41-57H2. The Bertz CT molecular complexity index is 3320. The fraction of sp³-hybridized carbons (Fsp3) is 0. The molecule has 0 spiro atoms. The summed E-state index contributed by atoms with van der Waals surface area (Å²) in [4.78, 5) is 21.7. The molecule has 0 saturated carbocycles. The normalized spacial score (nSPS) is 11.6. The van der Waals surface area contributed by atoms with Crippen LogP contribution in [0.3, 0.4) is 0 Å². The van der Waals surface area contributed by atoms with E-state index in [9.17, 15) is 0 Å². The number of hydrogen-bond acceptors (Lipinski definition) is 5. The Hall–Kier alpha value is -5.30. The van der Waals surface area contributed by atoms with Crippen molar-refractivity contribution < 1.29 is 4.42 Å². The second-order valence-electron chi connectivity index (χ2n) is 18.3. The van der Waals surface area contributed by atoms with Gasteiger partial charge in [-0.15, -0.1) is 32.8 Å². The third kappa shape index (κ3) is 6.26. The van der Waals surface area contributed by atoms with Crippen molar-refractivity contribution in [1.82, 2.24) is 24.5 Å². The molecule has 63 heavy (non-hydrogen) atoms. The first-order valence-electron chi connectivity index (χ1n) is 22.3. The lowest BCUT2D eigenvalue weighted by molar-refractivity contribution is 0.623. The number of rotatable bonds is 5. The molecule has 284 valence electrons. The van der Waals surface area contributed by atoms with Crippen LogP contribution in [0.1, 0.15) is 0 Å². The Morgan fingerprint density at radius 3 is 1.13 bits per heavy atom. The summed E-state index contributed by atoms with van der Waals surface area (Å²) in [5.74, 6) is 2.67. The molecule has 0 atom stereocenters. The molecule has 0 bridgehead atoms. The van der Waals surface area contributed by atoms with Gasteiger partial charge < -0.3 is 8.98 Å². The van der Waals surface area contributed by atoms with E-state index in [0.29, 0.717) is 23.4 Å². The molecule has 0 fully saturated rings. The molecule has 9 rings (SSSR count). The number of aromatic nitrogens is 5. The summed E-state index contributed by atoms with van der Waals surface area (Å²) in [6, 6.07) is 17.4. The van der Waals surface area contributed by atoms with Crippen molar-refractivity contribution in [3.63, 3.8) is 0 Å². The highest BCUT2D eigenvalue weighted by molar-refractivity contribution is 6.70. The first-order chi connectivity index (χ1) is 29.9. The minimum atomic E-state index is 0.624. The average molecular weight is 793 g/mol. The maximum absolute atomic E-state index is 6.99. The fourth-order valence-corrected chi connectivity index (χ4v) is 10.6. The van der Waals surface area contributed by atoms with Crippen LogP contribution in [0.2, 0.25) is 0 Å². The molecule has 0 unspecified atom stereocenters. The van der Waals surface area contributed by atoms with Gasteiger partial charge in [-0.3, -0.25) is 0 Å². The van der Waals surface area contributed by atoms with Crippen LogP contribution in [0.4, 0.5) is 0 Å². The molecule has 0 aliphatic heterocycles. The van der Waals surface area contributed by atoms with Crippen LogP contribution in [0.5, 0.6) is 0 Å². The van der Waals surface area contributed by atoms with Crippen LogP contribution in [0, 0.1) is 0 Å². The molecule has 23 heteroatoms. The van der Waals surface area contributed by atoms with Gasteiger partial charge in [0.25, 0.3) is 0 Å². The van der Waals surface area contributed by atoms with Gasteiger partial charge >= 0.3 is 0 Å². The maximum atomic E-state index is 6.99. The maximum Gasteiger partial charge on any atom is 0.226 e. The zero-order valence-electron chi connectivity index (χ0n) is 40.3. The quantitative estimate of drug-likeness (QED) is 0.162. The van der Waals surface area contributed by atoms with Gasteiger partial charge in [0.15, 0.2) is 17.5 Å². The smallest absolute Gasteiger partial charge is 0.226 e. The Balaban J connectivity index is 1.32. The summed E-state index contributed by atoms with van der Waals surface area (Å²) in [6.45, 7) is 0. The highest BCUT2D eigenvalue weighted by Gasteiger charge is 2.28. The Labute approximate surface area is 385 Å². The average Bonchev–Trinajstić information content (AvgIpc) is 3.86. The van der Waals surface area contributed by atoms with E-state index < -0.39 is 0 Å². The van der Waals surface area contributed by atoms with E-state index in [4.69, 9.17) is 24.4 Å².